The summed E-state index contributed by atoms with van der Waals surface area (Å²) >= 11 is 0. The number of piperidine rings is 1. The summed E-state index contributed by atoms with van der Waals surface area (Å²) in [5.41, 5.74) is 0. The lowest BCUT2D eigenvalue weighted by Gasteiger charge is -2.30. The van der Waals surface area contributed by atoms with Gasteiger partial charge in [0.15, 0.2) is 0 Å². The molecule has 0 radical (unpaired) electrons. The van der Waals surface area contributed by atoms with Gasteiger partial charge in [-0.25, -0.2) is 0 Å². The molecular weight excluding hydrogens is 194 g/mol. The summed E-state index contributed by atoms with van der Waals surface area (Å²) in [5, 5.41) is 9.18. The molecule has 2 aliphatic rings. The maximum Gasteiger partial charge on any atom is 0.229 e. The number of hydrogen-bond acceptors (Lipinski definition) is 3. The van der Waals surface area contributed by atoms with Crippen molar-refractivity contribution in [3.8, 4) is 0 Å². The van der Waals surface area contributed by atoms with Crippen molar-refractivity contribution in [1.29, 1.82) is 0 Å². The average Bonchev–Trinajstić information content (AvgIpc) is 2.93. The van der Waals surface area contributed by atoms with Crippen LogP contribution in [0.25, 0.3) is 0 Å². The van der Waals surface area contributed by atoms with Gasteiger partial charge in [0, 0.05) is 12.8 Å². The molecular formula is C11H17NO3. The number of carbonyl (C=O) groups is 2. The second-order valence-corrected chi connectivity index (χ2v) is 4.75. The van der Waals surface area contributed by atoms with Gasteiger partial charge in [0.1, 0.15) is 0 Å². The molecule has 2 rings (SSSR count). The zero-order valence-corrected chi connectivity index (χ0v) is 8.98. The van der Waals surface area contributed by atoms with E-state index in [1.807, 2.05) is 0 Å². The van der Waals surface area contributed by atoms with Crippen LogP contribution in [0.3, 0.4) is 0 Å². The molecule has 0 aromatic rings. The Morgan fingerprint density at radius 2 is 1.80 bits per heavy atom. The molecule has 15 heavy (non-hydrogen) atoms. The maximum atomic E-state index is 11.7. The molecule has 1 heterocycles. The van der Waals surface area contributed by atoms with Crippen molar-refractivity contribution in [2.45, 2.75) is 38.7 Å². The number of nitrogens with zero attached hydrogens (tertiary/aromatic N) is 1. The Morgan fingerprint density at radius 3 is 2.20 bits per heavy atom. The molecule has 4 heteroatoms. The summed E-state index contributed by atoms with van der Waals surface area (Å²) in [6, 6.07) is 0. The van der Waals surface area contributed by atoms with Crippen molar-refractivity contribution in [1.82, 2.24) is 4.90 Å². The van der Waals surface area contributed by atoms with Crippen LogP contribution in [-0.2, 0) is 9.59 Å². The van der Waals surface area contributed by atoms with Crippen LogP contribution < -0.4 is 0 Å². The molecule has 4 nitrogen and oxygen atoms in total. The number of hydrogen-bond donors (Lipinski definition) is 1. The van der Waals surface area contributed by atoms with Crippen LogP contribution >= 0.6 is 0 Å². The van der Waals surface area contributed by atoms with E-state index >= 15 is 0 Å². The van der Waals surface area contributed by atoms with E-state index < -0.39 is 6.10 Å². The third kappa shape index (κ3) is 2.37. The topological polar surface area (TPSA) is 57.6 Å². The van der Waals surface area contributed by atoms with Crippen molar-refractivity contribution in [2.24, 2.45) is 11.8 Å². The highest BCUT2D eigenvalue weighted by atomic mass is 16.3. The highest BCUT2D eigenvalue weighted by molar-refractivity contribution is 5.98. The lowest BCUT2D eigenvalue weighted by molar-refractivity contribution is -0.151. The second-order valence-electron chi connectivity index (χ2n) is 4.75. The average molecular weight is 211 g/mol. The molecule has 0 aromatic heterocycles. The van der Waals surface area contributed by atoms with Crippen LogP contribution in [-0.4, -0.2) is 34.5 Å². The Morgan fingerprint density at radius 1 is 1.27 bits per heavy atom. The minimum Gasteiger partial charge on any atom is -0.392 e. The smallest absolute Gasteiger partial charge is 0.229 e. The number of β-amino-alcohol motifs (C(OH)–C–C–N with tert-alkyl or cyclic N) is 1. The van der Waals surface area contributed by atoms with Gasteiger partial charge in [-0.15, -0.1) is 0 Å². The SMILES string of the molecule is CC(O)CN1C(=O)CC(C2CC2)CC1=O. The molecule has 2 amide bonds. The first-order chi connectivity index (χ1) is 7.08. The lowest BCUT2D eigenvalue weighted by atomic mass is 9.91. The van der Waals surface area contributed by atoms with E-state index in [0.717, 1.165) is 0 Å². The molecule has 0 aromatic carbocycles. The fourth-order valence-electron chi connectivity index (χ4n) is 2.25. The predicted octanol–water partition coefficient (Wildman–Crippen LogP) is 0.542. The van der Waals surface area contributed by atoms with Crippen LogP contribution in [0, 0.1) is 11.8 Å². The third-order valence-electron chi connectivity index (χ3n) is 3.21. The molecule has 0 bridgehead atoms. The van der Waals surface area contributed by atoms with E-state index in [2.05, 4.69) is 0 Å². The van der Waals surface area contributed by atoms with Crippen molar-refractivity contribution in [2.75, 3.05) is 6.54 Å². The highest BCUT2D eigenvalue weighted by Gasteiger charge is 2.40. The van der Waals surface area contributed by atoms with E-state index in [-0.39, 0.29) is 24.3 Å². The maximum absolute atomic E-state index is 11.7. The number of rotatable bonds is 3. The van der Waals surface area contributed by atoms with Crippen LogP contribution in [0.5, 0.6) is 0 Å². The van der Waals surface area contributed by atoms with Gasteiger partial charge in [0.2, 0.25) is 11.8 Å². The Bertz CT molecular complexity index is 266. The standard InChI is InChI=1S/C11H17NO3/c1-7(13)6-12-10(14)4-9(5-11(12)15)8-2-3-8/h7-9,13H,2-6H2,1H3. The zero-order chi connectivity index (χ0) is 11.0. The Hall–Kier alpha value is -0.900. The summed E-state index contributed by atoms with van der Waals surface area (Å²) in [4.78, 5) is 24.6. The van der Waals surface area contributed by atoms with E-state index in [0.29, 0.717) is 18.8 Å². The first-order valence-electron chi connectivity index (χ1n) is 5.59. The van der Waals surface area contributed by atoms with Crippen LogP contribution in [0.15, 0.2) is 0 Å². The van der Waals surface area contributed by atoms with Gasteiger partial charge in [0.05, 0.1) is 12.6 Å². The summed E-state index contributed by atoms with van der Waals surface area (Å²) in [6.45, 7) is 1.74. The Labute approximate surface area is 89.3 Å². The second kappa shape index (κ2) is 3.93. The molecule has 0 spiro atoms. The largest absolute Gasteiger partial charge is 0.392 e. The number of aliphatic hydroxyl groups excluding tert-OH is 1. The lowest BCUT2D eigenvalue weighted by Crippen LogP contribution is -2.46. The fraction of sp³-hybridized carbons (Fsp3) is 0.818. The third-order valence-corrected chi connectivity index (χ3v) is 3.21. The summed E-state index contributed by atoms with van der Waals surface area (Å²) < 4.78 is 0. The number of likely N-dealkylation sites (tertiary alicyclic amines) is 1. The van der Waals surface area contributed by atoms with Gasteiger partial charge in [0.25, 0.3) is 0 Å². The van der Waals surface area contributed by atoms with Crippen LogP contribution in [0.1, 0.15) is 32.6 Å². The van der Waals surface area contributed by atoms with Gasteiger partial charge >= 0.3 is 0 Å². The number of imide groups is 1. The predicted molar refractivity (Wildman–Crippen MR) is 53.8 cm³/mol. The van der Waals surface area contributed by atoms with Crippen LogP contribution in [0.4, 0.5) is 0 Å². The molecule has 2 fully saturated rings. The minimum absolute atomic E-state index is 0.107. The summed E-state index contributed by atoms with van der Waals surface area (Å²) in [5.74, 6) is 0.662. The van der Waals surface area contributed by atoms with E-state index in [1.165, 1.54) is 17.7 Å². The van der Waals surface area contributed by atoms with Crippen molar-refractivity contribution in [3.05, 3.63) is 0 Å². The first kappa shape index (κ1) is 10.6. The molecule has 1 aliphatic heterocycles. The molecule has 1 aliphatic carbocycles. The highest BCUT2D eigenvalue weighted by Crippen LogP contribution is 2.42. The molecule has 1 saturated heterocycles. The number of carbonyl (C=O) groups excluding carboxylic acids is 2. The van der Waals surface area contributed by atoms with E-state index in [1.54, 1.807) is 6.92 Å². The zero-order valence-electron chi connectivity index (χ0n) is 8.98. The number of aliphatic hydroxyl groups is 1. The fourth-order valence-corrected chi connectivity index (χ4v) is 2.25. The molecule has 1 unspecified atom stereocenters. The summed E-state index contributed by atoms with van der Waals surface area (Å²) in [7, 11) is 0. The van der Waals surface area contributed by atoms with Gasteiger partial charge in [-0.3, -0.25) is 14.5 Å². The summed E-state index contributed by atoms with van der Waals surface area (Å²) in [6.07, 6.45) is 2.69. The molecule has 84 valence electrons. The molecule has 1 N–H and O–H groups in total. The van der Waals surface area contributed by atoms with Gasteiger partial charge < -0.3 is 5.11 Å². The van der Waals surface area contributed by atoms with Gasteiger partial charge in [-0.05, 0) is 31.6 Å². The number of amides is 2. The van der Waals surface area contributed by atoms with Crippen molar-refractivity contribution >= 4 is 11.8 Å². The Kier molecular flexibility index (Phi) is 2.78. The molecule has 1 atom stereocenters. The van der Waals surface area contributed by atoms with Gasteiger partial charge in [-0.2, -0.15) is 0 Å². The first-order valence-corrected chi connectivity index (χ1v) is 5.59. The van der Waals surface area contributed by atoms with Gasteiger partial charge in [-0.1, -0.05) is 0 Å². The van der Waals surface area contributed by atoms with E-state index in [4.69, 9.17) is 0 Å². The van der Waals surface area contributed by atoms with Crippen LogP contribution in [0.2, 0.25) is 0 Å². The normalized spacial score (nSPS) is 25.9. The monoisotopic (exact) mass is 211 g/mol. The van der Waals surface area contributed by atoms with E-state index in [9.17, 15) is 14.7 Å². The quantitative estimate of drug-likeness (QED) is 0.693. The molecule has 1 saturated carbocycles. The minimum atomic E-state index is -0.629. The Balaban J connectivity index is 1.97. The van der Waals surface area contributed by atoms with Crippen molar-refractivity contribution in [3.63, 3.8) is 0 Å². The van der Waals surface area contributed by atoms with Crippen molar-refractivity contribution < 1.29 is 14.7 Å².